The van der Waals surface area contributed by atoms with Gasteiger partial charge in [-0.1, -0.05) is 6.92 Å². The third kappa shape index (κ3) is 4.31. The Kier molecular flexibility index (Phi) is 3.68. The van der Waals surface area contributed by atoms with E-state index in [0.29, 0.717) is 0 Å². The van der Waals surface area contributed by atoms with Crippen molar-refractivity contribution in [2.45, 2.75) is 19.3 Å². The molecule has 0 fully saturated rings. The van der Waals surface area contributed by atoms with E-state index in [1.807, 2.05) is 6.92 Å². The predicted octanol–water partition coefficient (Wildman–Crippen LogP) is 1.08. The van der Waals surface area contributed by atoms with E-state index in [-0.39, 0.29) is 5.44 Å². The normalized spacial score (nSPS) is 14.5. The summed E-state index contributed by atoms with van der Waals surface area (Å²) in [4.78, 5) is 0. The van der Waals surface area contributed by atoms with Crippen molar-refractivity contribution < 1.29 is 5.11 Å². The molecule has 0 saturated heterocycles. The molecule has 0 saturated carbocycles. The first-order valence-corrected chi connectivity index (χ1v) is 3.12. The minimum atomic E-state index is -0.185. The van der Waals surface area contributed by atoms with Gasteiger partial charge in [-0.2, -0.15) is 0 Å². The van der Waals surface area contributed by atoms with Gasteiger partial charge in [-0.25, -0.2) is 0 Å². The lowest BCUT2D eigenvalue weighted by atomic mass is 10.9. The van der Waals surface area contributed by atoms with Crippen molar-refractivity contribution in [1.29, 1.82) is 0 Å². The molecule has 0 aliphatic carbocycles. The van der Waals surface area contributed by atoms with Gasteiger partial charge in [0, 0.05) is 0 Å². The molecule has 0 spiro atoms. The first-order valence-electron chi connectivity index (χ1n) is 2.07. The van der Waals surface area contributed by atoms with Gasteiger partial charge in [0.15, 0.2) is 0 Å². The largest absolute Gasteiger partial charge is 0.383 e. The van der Waals surface area contributed by atoms with Crippen LogP contribution in [0.3, 0.4) is 0 Å². The topological polar surface area (TPSA) is 20.2 Å². The SMILES string of the molecule is CCSC(C)O. The molecule has 0 bridgehead atoms. The number of hydrogen-bond acceptors (Lipinski definition) is 2. The standard InChI is InChI=1S/C4H10OS/c1-3-6-4(2)5/h4-5H,3H2,1-2H3. The van der Waals surface area contributed by atoms with Crippen LogP contribution in [0, 0.1) is 0 Å². The first-order chi connectivity index (χ1) is 2.77. The molecule has 0 aliphatic heterocycles. The fraction of sp³-hybridized carbons (Fsp3) is 1.00. The van der Waals surface area contributed by atoms with Crippen molar-refractivity contribution in [3.63, 3.8) is 0 Å². The lowest BCUT2D eigenvalue weighted by Gasteiger charge is -1.95. The molecule has 0 aromatic heterocycles. The highest BCUT2D eigenvalue weighted by molar-refractivity contribution is 7.99. The average molecular weight is 106 g/mol. The highest BCUT2D eigenvalue weighted by Gasteiger charge is 1.87. The molecule has 0 amide bonds. The Morgan fingerprint density at radius 2 is 2.33 bits per heavy atom. The van der Waals surface area contributed by atoms with Crippen LogP contribution in [-0.2, 0) is 0 Å². The molecule has 1 N–H and O–H groups in total. The maximum atomic E-state index is 8.52. The highest BCUT2D eigenvalue weighted by Crippen LogP contribution is 2.03. The van der Waals surface area contributed by atoms with E-state index in [4.69, 9.17) is 5.11 Å². The van der Waals surface area contributed by atoms with Crippen LogP contribution >= 0.6 is 11.8 Å². The maximum Gasteiger partial charge on any atom is 0.0964 e. The van der Waals surface area contributed by atoms with Crippen LogP contribution < -0.4 is 0 Å². The predicted molar refractivity (Wildman–Crippen MR) is 29.8 cm³/mol. The van der Waals surface area contributed by atoms with E-state index in [1.165, 1.54) is 0 Å². The Hall–Kier alpha value is 0.310. The van der Waals surface area contributed by atoms with Gasteiger partial charge in [-0.3, -0.25) is 0 Å². The molecule has 0 aromatic rings. The van der Waals surface area contributed by atoms with E-state index in [1.54, 1.807) is 18.7 Å². The average Bonchev–Trinajstić information content (AvgIpc) is 1.35. The summed E-state index contributed by atoms with van der Waals surface area (Å²) in [6.45, 7) is 3.80. The van der Waals surface area contributed by atoms with E-state index >= 15 is 0 Å². The monoisotopic (exact) mass is 106 g/mol. The second kappa shape index (κ2) is 3.50. The van der Waals surface area contributed by atoms with Gasteiger partial charge in [-0.05, 0) is 12.7 Å². The summed E-state index contributed by atoms with van der Waals surface area (Å²) in [5.41, 5.74) is -0.185. The van der Waals surface area contributed by atoms with Crippen LogP contribution in [0.4, 0.5) is 0 Å². The van der Waals surface area contributed by atoms with Gasteiger partial charge < -0.3 is 5.11 Å². The summed E-state index contributed by atoms with van der Waals surface area (Å²) < 4.78 is 0. The smallest absolute Gasteiger partial charge is 0.0964 e. The maximum absolute atomic E-state index is 8.52. The highest BCUT2D eigenvalue weighted by atomic mass is 32.2. The Labute approximate surface area is 42.8 Å². The Bertz CT molecular complexity index is 28.7. The van der Waals surface area contributed by atoms with Gasteiger partial charge in [0.05, 0.1) is 5.44 Å². The summed E-state index contributed by atoms with van der Waals surface area (Å²) in [5.74, 6) is 0.998. The van der Waals surface area contributed by atoms with Crippen LogP contribution in [0.1, 0.15) is 13.8 Å². The summed E-state index contributed by atoms with van der Waals surface area (Å²) in [7, 11) is 0. The first kappa shape index (κ1) is 6.31. The summed E-state index contributed by atoms with van der Waals surface area (Å²) in [6.07, 6.45) is 0. The van der Waals surface area contributed by atoms with Crippen molar-refractivity contribution in [2.24, 2.45) is 0 Å². The molecule has 38 valence electrons. The van der Waals surface area contributed by atoms with E-state index in [9.17, 15) is 0 Å². The molecular weight excluding hydrogens is 96.1 g/mol. The van der Waals surface area contributed by atoms with Crippen LogP contribution in [0.15, 0.2) is 0 Å². The Balaban J connectivity index is 2.63. The molecule has 1 atom stereocenters. The quantitative estimate of drug-likeness (QED) is 0.531. The van der Waals surface area contributed by atoms with Crippen molar-refractivity contribution >= 4 is 11.8 Å². The molecule has 2 heteroatoms. The molecular formula is C4H10OS. The molecule has 0 aromatic carbocycles. The fourth-order valence-electron chi connectivity index (χ4n) is 0.241. The molecule has 6 heavy (non-hydrogen) atoms. The number of hydrogen-bond donors (Lipinski definition) is 1. The van der Waals surface area contributed by atoms with Crippen molar-refractivity contribution in [2.75, 3.05) is 5.75 Å². The second-order valence-corrected chi connectivity index (χ2v) is 2.65. The Morgan fingerprint density at radius 3 is 2.33 bits per heavy atom. The second-order valence-electron chi connectivity index (χ2n) is 1.05. The van der Waals surface area contributed by atoms with Gasteiger partial charge in [0.25, 0.3) is 0 Å². The zero-order chi connectivity index (χ0) is 4.99. The molecule has 1 nitrogen and oxygen atoms in total. The molecule has 0 radical (unpaired) electrons. The van der Waals surface area contributed by atoms with E-state index in [2.05, 4.69) is 0 Å². The zero-order valence-corrected chi connectivity index (χ0v) is 4.96. The summed E-state index contributed by atoms with van der Waals surface area (Å²) in [6, 6.07) is 0. The summed E-state index contributed by atoms with van der Waals surface area (Å²) in [5, 5.41) is 8.52. The van der Waals surface area contributed by atoms with Gasteiger partial charge in [0.1, 0.15) is 0 Å². The van der Waals surface area contributed by atoms with Gasteiger partial charge in [-0.15, -0.1) is 11.8 Å². The molecule has 0 heterocycles. The number of rotatable bonds is 2. The van der Waals surface area contributed by atoms with Crippen molar-refractivity contribution in [3.8, 4) is 0 Å². The van der Waals surface area contributed by atoms with Gasteiger partial charge >= 0.3 is 0 Å². The van der Waals surface area contributed by atoms with Crippen molar-refractivity contribution in [3.05, 3.63) is 0 Å². The van der Waals surface area contributed by atoms with Crippen LogP contribution in [0.5, 0.6) is 0 Å². The number of aliphatic hydroxyl groups is 1. The summed E-state index contributed by atoms with van der Waals surface area (Å²) >= 11 is 1.54. The zero-order valence-electron chi connectivity index (χ0n) is 4.14. The fourth-order valence-corrected chi connectivity index (χ4v) is 0.724. The van der Waals surface area contributed by atoms with E-state index in [0.717, 1.165) is 5.75 Å². The van der Waals surface area contributed by atoms with Crippen LogP contribution in [0.2, 0.25) is 0 Å². The minimum absolute atomic E-state index is 0.185. The third-order valence-corrected chi connectivity index (χ3v) is 1.22. The minimum Gasteiger partial charge on any atom is -0.383 e. The molecule has 0 rings (SSSR count). The Morgan fingerprint density at radius 1 is 1.83 bits per heavy atom. The van der Waals surface area contributed by atoms with Gasteiger partial charge in [0.2, 0.25) is 0 Å². The molecule has 1 unspecified atom stereocenters. The lowest BCUT2D eigenvalue weighted by Crippen LogP contribution is -1.90. The van der Waals surface area contributed by atoms with Crippen LogP contribution in [-0.4, -0.2) is 16.3 Å². The van der Waals surface area contributed by atoms with E-state index < -0.39 is 0 Å². The third-order valence-electron chi connectivity index (χ3n) is 0.408. The van der Waals surface area contributed by atoms with Crippen LogP contribution in [0.25, 0.3) is 0 Å². The lowest BCUT2D eigenvalue weighted by molar-refractivity contribution is 0.284. The number of thioether (sulfide) groups is 1. The number of aliphatic hydroxyl groups excluding tert-OH is 1. The molecule has 0 aliphatic rings. The van der Waals surface area contributed by atoms with Crippen molar-refractivity contribution in [1.82, 2.24) is 0 Å².